The Morgan fingerprint density at radius 1 is 1.09 bits per heavy atom. The highest BCUT2D eigenvalue weighted by molar-refractivity contribution is 6.02. The van der Waals surface area contributed by atoms with Gasteiger partial charge in [-0.2, -0.15) is 13.2 Å². The highest BCUT2D eigenvalue weighted by atomic mass is 19.4. The van der Waals surface area contributed by atoms with Crippen LogP contribution in [0.2, 0.25) is 0 Å². The van der Waals surface area contributed by atoms with Crippen LogP contribution in [0.4, 0.5) is 46.3 Å². The summed E-state index contributed by atoms with van der Waals surface area (Å²) in [5.74, 6) is -0.689. The first-order valence-electron chi connectivity index (χ1n) is 14.7. The number of hydrogen-bond acceptors (Lipinski definition) is 9. The van der Waals surface area contributed by atoms with Gasteiger partial charge in [0.2, 0.25) is 5.91 Å². The number of nitrogens with zero attached hydrogens (tertiary/aromatic N) is 5. The number of amides is 1. The number of ether oxygens (including phenoxy) is 1. The summed E-state index contributed by atoms with van der Waals surface area (Å²) in [6, 6.07) is 8.18. The number of methoxy groups -OCH3 is 1. The van der Waals surface area contributed by atoms with Crippen molar-refractivity contribution in [3.05, 3.63) is 72.3 Å². The second-order valence-electron chi connectivity index (χ2n) is 11.1. The second-order valence-corrected chi connectivity index (χ2v) is 11.1. The Labute approximate surface area is 257 Å². The van der Waals surface area contributed by atoms with E-state index in [1.165, 1.54) is 55.6 Å². The lowest BCUT2D eigenvalue weighted by molar-refractivity contribution is -0.140. The molecule has 1 atom stereocenters. The molecule has 2 aromatic carbocycles. The van der Waals surface area contributed by atoms with Crippen LogP contribution in [0, 0.1) is 5.82 Å². The summed E-state index contributed by atoms with van der Waals surface area (Å²) in [5, 5.41) is 7.38. The predicted molar refractivity (Wildman–Crippen MR) is 161 cm³/mol. The summed E-state index contributed by atoms with van der Waals surface area (Å²) in [6.07, 6.45) is 0.363. The van der Waals surface area contributed by atoms with E-state index in [1.807, 2.05) is 6.07 Å². The number of rotatable bonds is 9. The van der Waals surface area contributed by atoms with Gasteiger partial charge in [-0.25, -0.2) is 19.4 Å². The van der Waals surface area contributed by atoms with E-state index in [2.05, 4.69) is 37.0 Å². The lowest BCUT2D eigenvalue weighted by atomic mass is 10.0. The largest absolute Gasteiger partial charge is 0.494 e. The quantitative estimate of drug-likeness (QED) is 0.230. The van der Waals surface area contributed by atoms with Gasteiger partial charge in [0.15, 0.2) is 5.82 Å². The zero-order valence-electron chi connectivity index (χ0n) is 24.6. The number of hydrogen-bond donors (Lipinski definition) is 2. The first kappa shape index (κ1) is 30.6. The molecule has 45 heavy (non-hydrogen) atoms. The van der Waals surface area contributed by atoms with Crippen molar-refractivity contribution in [1.29, 1.82) is 0 Å². The maximum Gasteiger partial charge on any atom is 0.419 e. The van der Waals surface area contributed by atoms with Crippen LogP contribution in [0.25, 0.3) is 0 Å². The molecule has 238 valence electrons. The third-order valence-electron chi connectivity index (χ3n) is 8.22. The van der Waals surface area contributed by atoms with Crippen molar-refractivity contribution in [1.82, 2.24) is 14.9 Å². The van der Waals surface area contributed by atoms with Gasteiger partial charge in [-0.3, -0.25) is 14.5 Å². The maximum absolute atomic E-state index is 15.0. The Morgan fingerprint density at radius 2 is 1.87 bits per heavy atom. The summed E-state index contributed by atoms with van der Waals surface area (Å²) in [7, 11) is 1.54. The molecule has 3 aliphatic rings. The van der Waals surface area contributed by atoms with Gasteiger partial charge in [0.1, 0.15) is 23.7 Å². The van der Waals surface area contributed by atoms with Crippen molar-refractivity contribution in [2.24, 2.45) is 0 Å². The first-order chi connectivity index (χ1) is 21.7. The minimum Gasteiger partial charge on any atom is -0.494 e. The molecule has 1 unspecified atom stereocenters. The van der Waals surface area contributed by atoms with Crippen molar-refractivity contribution < 1.29 is 31.9 Å². The molecule has 0 radical (unpaired) electrons. The van der Waals surface area contributed by atoms with Gasteiger partial charge in [0.25, 0.3) is 0 Å². The van der Waals surface area contributed by atoms with Gasteiger partial charge in [-0.1, -0.05) is 18.7 Å². The van der Waals surface area contributed by atoms with E-state index >= 15 is 4.39 Å². The Kier molecular flexibility index (Phi) is 8.51. The van der Waals surface area contributed by atoms with Gasteiger partial charge in [0.05, 0.1) is 42.4 Å². The summed E-state index contributed by atoms with van der Waals surface area (Å²) >= 11 is 0. The van der Waals surface area contributed by atoms with Crippen LogP contribution < -0.4 is 25.3 Å². The van der Waals surface area contributed by atoms with Crippen LogP contribution in [0.1, 0.15) is 36.4 Å². The first-order valence-corrected chi connectivity index (χ1v) is 14.7. The summed E-state index contributed by atoms with van der Waals surface area (Å²) in [6.45, 7) is 7.17. The fourth-order valence-corrected chi connectivity index (χ4v) is 5.83. The van der Waals surface area contributed by atoms with Crippen molar-refractivity contribution in [2.45, 2.75) is 37.5 Å². The summed E-state index contributed by atoms with van der Waals surface area (Å²) in [5.41, 5.74) is 0.373. The number of hydroxylamine groups is 1. The SMILES string of the molecule is C=CC(=O)Nc1cc(Nc2cc(N3OCCC3c3cccc(C(F)(F)F)c3F)ncn2)c(OC)cc1N1CCN(C2CC2)CC1. The van der Waals surface area contributed by atoms with E-state index in [4.69, 9.17) is 9.57 Å². The number of alkyl halides is 3. The van der Waals surface area contributed by atoms with Crippen LogP contribution in [0.5, 0.6) is 5.75 Å². The van der Waals surface area contributed by atoms with E-state index in [-0.39, 0.29) is 30.3 Å². The predicted octanol–water partition coefficient (Wildman–Crippen LogP) is 5.68. The molecule has 3 heterocycles. The minimum absolute atomic E-state index is 0.145. The maximum atomic E-state index is 15.0. The molecule has 2 aliphatic heterocycles. The molecule has 0 spiro atoms. The van der Waals surface area contributed by atoms with Gasteiger partial charge in [-0.05, 0) is 31.1 Å². The van der Waals surface area contributed by atoms with E-state index in [1.54, 1.807) is 6.07 Å². The van der Waals surface area contributed by atoms with Crippen molar-refractivity contribution in [3.63, 3.8) is 0 Å². The summed E-state index contributed by atoms with van der Waals surface area (Å²) in [4.78, 5) is 31.3. The molecule has 6 rings (SSSR count). The highest BCUT2D eigenvalue weighted by Gasteiger charge is 2.38. The standard InChI is InChI=1S/C31H33F4N7O3/c1-3-29(43)39-22-15-23(26(44-2)16-25(22)41-12-10-40(11-13-41)19-7-8-19)38-27-17-28(37-18-36-27)42-24(9-14-45-42)20-5-4-6-21(30(20)32)31(33,34)35/h3-6,15-19,24H,1,7-14H2,2H3,(H,39,43)(H,36,37,38). The van der Waals surface area contributed by atoms with E-state index in [0.29, 0.717) is 35.1 Å². The van der Waals surface area contributed by atoms with Crippen molar-refractivity contribution in [3.8, 4) is 5.75 Å². The Morgan fingerprint density at radius 3 is 2.56 bits per heavy atom. The molecule has 10 nitrogen and oxygen atoms in total. The fraction of sp³-hybridized carbons (Fsp3) is 0.387. The molecule has 1 aliphatic carbocycles. The molecule has 3 fully saturated rings. The molecule has 14 heteroatoms. The number of benzene rings is 2. The van der Waals surface area contributed by atoms with Crippen LogP contribution >= 0.6 is 0 Å². The molecule has 1 amide bonds. The Bertz CT molecular complexity index is 1580. The average molecular weight is 628 g/mol. The molecule has 1 aromatic heterocycles. The van der Waals surface area contributed by atoms with Gasteiger partial charge < -0.3 is 20.3 Å². The van der Waals surface area contributed by atoms with Crippen LogP contribution in [0.15, 0.2) is 55.4 Å². The smallest absolute Gasteiger partial charge is 0.419 e. The van der Waals surface area contributed by atoms with E-state index in [0.717, 1.165) is 31.9 Å². The lowest BCUT2D eigenvalue weighted by Gasteiger charge is -2.37. The number of halogens is 4. The van der Waals surface area contributed by atoms with Crippen molar-refractivity contribution >= 4 is 34.6 Å². The third-order valence-corrected chi connectivity index (χ3v) is 8.22. The molecule has 0 bridgehead atoms. The number of nitrogens with one attached hydrogen (secondary N) is 2. The number of anilines is 5. The van der Waals surface area contributed by atoms with Crippen LogP contribution in [-0.2, 0) is 15.8 Å². The molecule has 1 saturated carbocycles. The third kappa shape index (κ3) is 6.52. The van der Waals surface area contributed by atoms with Gasteiger partial charge in [0, 0.05) is 56.3 Å². The van der Waals surface area contributed by atoms with Crippen LogP contribution in [-0.4, -0.2) is 66.7 Å². The topological polar surface area (TPSA) is 95.1 Å². The molecule has 3 aromatic rings. The Hall–Kier alpha value is -4.43. The van der Waals surface area contributed by atoms with Crippen molar-refractivity contribution in [2.75, 3.05) is 60.5 Å². The number of aromatic nitrogens is 2. The fourth-order valence-electron chi connectivity index (χ4n) is 5.83. The highest BCUT2D eigenvalue weighted by Crippen LogP contribution is 2.42. The van der Waals surface area contributed by atoms with Crippen LogP contribution in [0.3, 0.4) is 0 Å². The lowest BCUT2D eigenvalue weighted by Crippen LogP contribution is -2.47. The van der Waals surface area contributed by atoms with E-state index in [9.17, 15) is 18.0 Å². The van der Waals surface area contributed by atoms with Gasteiger partial charge in [-0.15, -0.1) is 0 Å². The monoisotopic (exact) mass is 627 g/mol. The summed E-state index contributed by atoms with van der Waals surface area (Å²) < 4.78 is 60.9. The second kappa shape index (κ2) is 12.5. The molecular formula is C31H33F4N7O3. The normalized spacial score (nSPS) is 19.0. The molecule has 2 N–H and O–H groups in total. The van der Waals surface area contributed by atoms with E-state index < -0.39 is 23.6 Å². The zero-order chi connectivity index (χ0) is 31.7. The molecular weight excluding hydrogens is 594 g/mol. The number of carbonyl (C=O) groups excluding carboxylic acids is 1. The number of piperazine rings is 1. The zero-order valence-corrected chi connectivity index (χ0v) is 24.6. The van der Waals surface area contributed by atoms with Gasteiger partial charge >= 0.3 is 6.18 Å². The minimum atomic E-state index is -4.83. The number of carbonyl (C=O) groups is 1. The molecule has 2 saturated heterocycles. The average Bonchev–Trinajstić information content (AvgIpc) is 3.77. The Balaban J connectivity index is 1.27.